The van der Waals surface area contributed by atoms with Gasteiger partial charge in [0, 0.05) is 57.0 Å². The number of nitrogens with one attached hydrogen (secondary N) is 1. The summed E-state index contributed by atoms with van der Waals surface area (Å²) in [6.07, 6.45) is 5.16. The summed E-state index contributed by atoms with van der Waals surface area (Å²) in [5.74, 6) is 1.23. The van der Waals surface area contributed by atoms with Gasteiger partial charge >= 0.3 is 0 Å². The van der Waals surface area contributed by atoms with Gasteiger partial charge in [0.25, 0.3) is 5.91 Å². The summed E-state index contributed by atoms with van der Waals surface area (Å²) in [6, 6.07) is 5.52. The van der Waals surface area contributed by atoms with Crippen molar-refractivity contribution in [2.45, 2.75) is 13.8 Å². The van der Waals surface area contributed by atoms with E-state index in [1.165, 1.54) is 0 Å². The Kier molecular flexibility index (Phi) is 5.42. The van der Waals surface area contributed by atoms with E-state index in [0.717, 1.165) is 25.3 Å². The van der Waals surface area contributed by atoms with Crippen LogP contribution in [0, 0.1) is 5.92 Å². The second kappa shape index (κ2) is 7.92. The largest absolute Gasteiger partial charge is 0.385 e. The molecule has 1 amide bonds. The maximum absolute atomic E-state index is 12.7. The van der Waals surface area contributed by atoms with Crippen LogP contribution in [0.2, 0.25) is 0 Å². The van der Waals surface area contributed by atoms with Crippen molar-refractivity contribution in [1.82, 2.24) is 19.9 Å². The van der Waals surface area contributed by atoms with Gasteiger partial charge in [-0.1, -0.05) is 13.8 Å². The van der Waals surface area contributed by atoms with Crippen molar-refractivity contribution in [3.05, 3.63) is 42.5 Å². The van der Waals surface area contributed by atoms with Gasteiger partial charge in [0.05, 0.1) is 0 Å². The summed E-state index contributed by atoms with van der Waals surface area (Å²) in [7, 11) is 0. The van der Waals surface area contributed by atoms with Crippen molar-refractivity contribution in [3.63, 3.8) is 0 Å². The molecule has 2 aromatic rings. The third-order valence-electron chi connectivity index (χ3n) is 4.10. The number of carbonyl (C=O) groups is 1. The van der Waals surface area contributed by atoms with E-state index < -0.39 is 0 Å². The van der Waals surface area contributed by atoms with Gasteiger partial charge in [-0.05, 0) is 24.1 Å². The van der Waals surface area contributed by atoms with Crippen LogP contribution >= 0.6 is 0 Å². The molecule has 1 N–H and O–H groups in total. The SMILES string of the molecule is CC(C)CNc1ccnc(C(=O)N2CCN(c3ncccn3)CC2)c1. The van der Waals surface area contributed by atoms with Gasteiger partial charge in [0.2, 0.25) is 5.95 Å². The molecule has 0 aliphatic carbocycles. The first-order chi connectivity index (χ1) is 12.1. The number of amides is 1. The smallest absolute Gasteiger partial charge is 0.272 e. The van der Waals surface area contributed by atoms with Crippen molar-refractivity contribution in [2.75, 3.05) is 42.9 Å². The van der Waals surface area contributed by atoms with Crippen LogP contribution in [0.4, 0.5) is 11.6 Å². The molecule has 1 saturated heterocycles. The molecule has 0 spiro atoms. The Bertz CT molecular complexity index is 698. The number of nitrogens with zero attached hydrogens (tertiary/aromatic N) is 5. The molecule has 2 aromatic heterocycles. The lowest BCUT2D eigenvalue weighted by atomic mass is 10.2. The molecular formula is C18H24N6O. The highest BCUT2D eigenvalue weighted by molar-refractivity contribution is 5.93. The van der Waals surface area contributed by atoms with Crippen LogP contribution in [0.1, 0.15) is 24.3 Å². The van der Waals surface area contributed by atoms with Crippen molar-refractivity contribution in [2.24, 2.45) is 5.92 Å². The first-order valence-electron chi connectivity index (χ1n) is 8.64. The molecular weight excluding hydrogens is 316 g/mol. The Labute approximate surface area is 148 Å². The zero-order valence-corrected chi connectivity index (χ0v) is 14.7. The first-order valence-corrected chi connectivity index (χ1v) is 8.64. The van der Waals surface area contributed by atoms with Crippen LogP contribution in [0.25, 0.3) is 0 Å². The number of piperazine rings is 1. The highest BCUT2D eigenvalue weighted by Gasteiger charge is 2.24. The number of carbonyl (C=O) groups excluding carboxylic acids is 1. The monoisotopic (exact) mass is 340 g/mol. The first kappa shape index (κ1) is 17.1. The van der Waals surface area contributed by atoms with Crippen LogP contribution in [-0.4, -0.2) is 58.5 Å². The molecule has 1 aliphatic heterocycles. The highest BCUT2D eigenvalue weighted by Crippen LogP contribution is 2.14. The fourth-order valence-corrected chi connectivity index (χ4v) is 2.71. The molecule has 0 radical (unpaired) electrons. The average Bonchev–Trinajstić information content (AvgIpc) is 2.67. The molecule has 1 fully saturated rings. The van der Waals surface area contributed by atoms with Gasteiger partial charge in [-0.15, -0.1) is 0 Å². The Balaban J connectivity index is 1.60. The predicted octanol–water partition coefficient (Wildman–Crippen LogP) is 1.90. The molecule has 0 bridgehead atoms. The highest BCUT2D eigenvalue weighted by atomic mass is 16.2. The quantitative estimate of drug-likeness (QED) is 0.896. The number of hydrogen-bond donors (Lipinski definition) is 1. The minimum atomic E-state index is -0.0261. The van der Waals surface area contributed by atoms with E-state index in [1.54, 1.807) is 24.7 Å². The van der Waals surface area contributed by atoms with Crippen molar-refractivity contribution >= 4 is 17.5 Å². The molecule has 0 aromatic carbocycles. The summed E-state index contributed by atoms with van der Waals surface area (Å²) in [6.45, 7) is 7.90. The summed E-state index contributed by atoms with van der Waals surface area (Å²) < 4.78 is 0. The van der Waals surface area contributed by atoms with E-state index in [2.05, 4.69) is 39.0 Å². The van der Waals surface area contributed by atoms with Gasteiger partial charge in [0.1, 0.15) is 5.69 Å². The minimum Gasteiger partial charge on any atom is -0.385 e. The maximum atomic E-state index is 12.7. The Hall–Kier alpha value is -2.70. The third-order valence-corrected chi connectivity index (χ3v) is 4.10. The van der Waals surface area contributed by atoms with Gasteiger partial charge in [-0.25, -0.2) is 9.97 Å². The molecule has 3 rings (SSSR count). The van der Waals surface area contributed by atoms with Gasteiger partial charge < -0.3 is 15.1 Å². The van der Waals surface area contributed by atoms with E-state index in [0.29, 0.717) is 30.6 Å². The number of pyridine rings is 1. The van der Waals surface area contributed by atoms with Crippen LogP contribution in [-0.2, 0) is 0 Å². The molecule has 132 valence electrons. The van der Waals surface area contributed by atoms with Gasteiger partial charge in [-0.3, -0.25) is 9.78 Å². The van der Waals surface area contributed by atoms with Crippen LogP contribution < -0.4 is 10.2 Å². The van der Waals surface area contributed by atoms with E-state index in [-0.39, 0.29) is 5.91 Å². The van der Waals surface area contributed by atoms with Gasteiger partial charge in [0.15, 0.2) is 0 Å². The fraction of sp³-hybridized carbons (Fsp3) is 0.444. The van der Waals surface area contributed by atoms with E-state index in [9.17, 15) is 4.79 Å². The number of rotatable bonds is 5. The standard InChI is InChI=1S/C18H24N6O/c1-14(2)13-22-15-4-7-19-16(12-15)17(25)23-8-10-24(11-9-23)18-20-5-3-6-21-18/h3-7,12,14H,8-11,13H2,1-2H3,(H,19,22). The lowest BCUT2D eigenvalue weighted by Gasteiger charge is -2.34. The van der Waals surface area contributed by atoms with E-state index in [4.69, 9.17) is 0 Å². The van der Waals surface area contributed by atoms with Crippen LogP contribution in [0.15, 0.2) is 36.8 Å². The number of aromatic nitrogens is 3. The number of hydrogen-bond acceptors (Lipinski definition) is 6. The van der Waals surface area contributed by atoms with E-state index >= 15 is 0 Å². The Morgan fingerprint density at radius 3 is 2.52 bits per heavy atom. The third kappa shape index (κ3) is 4.43. The lowest BCUT2D eigenvalue weighted by Crippen LogP contribution is -2.49. The lowest BCUT2D eigenvalue weighted by molar-refractivity contribution is 0.0740. The van der Waals surface area contributed by atoms with Gasteiger partial charge in [-0.2, -0.15) is 0 Å². The number of anilines is 2. The molecule has 0 saturated carbocycles. The summed E-state index contributed by atoms with van der Waals surface area (Å²) in [4.78, 5) is 29.4. The van der Waals surface area contributed by atoms with Crippen LogP contribution in [0.5, 0.6) is 0 Å². The summed E-state index contributed by atoms with van der Waals surface area (Å²) in [5.41, 5.74) is 1.42. The summed E-state index contributed by atoms with van der Waals surface area (Å²) in [5, 5.41) is 3.34. The molecule has 0 unspecified atom stereocenters. The predicted molar refractivity (Wildman–Crippen MR) is 97.7 cm³/mol. The van der Waals surface area contributed by atoms with Crippen molar-refractivity contribution < 1.29 is 4.79 Å². The Morgan fingerprint density at radius 1 is 1.12 bits per heavy atom. The molecule has 7 heteroatoms. The fourth-order valence-electron chi connectivity index (χ4n) is 2.71. The second-order valence-corrected chi connectivity index (χ2v) is 6.53. The minimum absolute atomic E-state index is 0.0261. The zero-order valence-electron chi connectivity index (χ0n) is 14.7. The molecule has 25 heavy (non-hydrogen) atoms. The van der Waals surface area contributed by atoms with Crippen LogP contribution in [0.3, 0.4) is 0 Å². The Morgan fingerprint density at radius 2 is 1.84 bits per heavy atom. The van der Waals surface area contributed by atoms with E-state index in [1.807, 2.05) is 17.0 Å². The summed E-state index contributed by atoms with van der Waals surface area (Å²) >= 11 is 0. The molecule has 0 atom stereocenters. The van der Waals surface area contributed by atoms with Crippen molar-refractivity contribution in [3.8, 4) is 0 Å². The average molecular weight is 340 g/mol. The molecule has 7 nitrogen and oxygen atoms in total. The molecule has 3 heterocycles. The topological polar surface area (TPSA) is 74.2 Å². The second-order valence-electron chi connectivity index (χ2n) is 6.53. The normalized spacial score (nSPS) is 14.7. The maximum Gasteiger partial charge on any atom is 0.272 e. The molecule has 1 aliphatic rings. The van der Waals surface area contributed by atoms with Crippen molar-refractivity contribution in [1.29, 1.82) is 0 Å². The zero-order chi connectivity index (χ0) is 17.6.